The molecule has 112 valence electrons. The predicted molar refractivity (Wildman–Crippen MR) is 81.9 cm³/mol. The van der Waals surface area contributed by atoms with Crippen molar-refractivity contribution in [1.82, 2.24) is 5.32 Å². The number of thioether (sulfide) groups is 1. The molecular weight excluding hydrogens is 288 g/mol. The van der Waals surface area contributed by atoms with Gasteiger partial charge in [0.1, 0.15) is 12.1 Å². The van der Waals surface area contributed by atoms with E-state index in [1.165, 1.54) is 6.92 Å². The molecule has 0 aliphatic heterocycles. The summed E-state index contributed by atoms with van der Waals surface area (Å²) in [6.45, 7) is 1.49. The van der Waals surface area contributed by atoms with Crippen LogP contribution in [0.15, 0.2) is 30.3 Å². The maximum Gasteiger partial charge on any atom is 0.329 e. The van der Waals surface area contributed by atoms with Crippen molar-refractivity contribution in [1.29, 1.82) is 5.26 Å². The molecule has 1 aromatic rings. The molecule has 1 rings (SSSR count). The van der Waals surface area contributed by atoms with Gasteiger partial charge in [-0.25, -0.2) is 4.79 Å². The number of rotatable bonds is 7. The van der Waals surface area contributed by atoms with Crippen LogP contribution in [0, 0.1) is 11.3 Å². The Hall–Kier alpha value is -2.00. The van der Waals surface area contributed by atoms with E-state index in [4.69, 9.17) is 10.00 Å². The highest BCUT2D eigenvalue weighted by Gasteiger charge is 2.24. The van der Waals surface area contributed by atoms with Gasteiger partial charge >= 0.3 is 5.97 Å². The van der Waals surface area contributed by atoms with Crippen molar-refractivity contribution in [3.63, 3.8) is 0 Å². The van der Waals surface area contributed by atoms with Crippen LogP contribution in [0.3, 0.4) is 0 Å². The van der Waals surface area contributed by atoms with Gasteiger partial charge in [-0.3, -0.25) is 4.79 Å². The number of benzene rings is 1. The molecule has 6 heteroatoms. The first-order valence-corrected chi connectivity index (χ1v) is 7.92. The average molecular weight is 306 g/mol. The first kappa shape index (κ1) is 17.1. The number of nitriles is 1. The maximum atomic E-state index is 12.1. The number of amides is 1. The number of nitrogens with one attached hydrogen (secondary N) is 1. The SMILES string of the molecule is CSCC[C@@H](NC(=O)c1ccccc1)C(=O)O[C@@H](C)C#N. The Bertz CT molecular complexity index is 513. The number of nitrogens with zero attached hydrogens (tertiary/aromatic N) is 1. The molecule has 0 saturated carbocycles. The van der Waals surface area contributed by atoms with Crippen molar-refractivity contribution in [2.75, 3.05) is 12.0 Å². The van der Waals surface area contributed by atoms with E-state index in [-0.39, 0.29) is 5.91 Å². The van der Waals surface area contributed by atoms with Gasteiger partial charge in [0.05, 0.1) is 0 Å². The molecule has 0 bridgehead atoms. The van der Waals surface area contributed by atoms with E-state index >= 15 is 0 Å². The summed E-state index contributed by atoms with van der Waals surface area (Å²) < 4.78 is 4.97. The van der Waals surface area contributed by atoms with E-state index in [9.17, 15) is 9.59 Å². The lowest BCUT2D eigenvalue weighted by atomic mass is 10.1. The van der Waals surface area contributed by atoms with E-state index < -0.39 is 18.1 Å². The number of carbonyl (C=O) groups is 2. The first-order valence-electron chi connectivity index (χ1n) is 6.53. The largest absolute Gasteiger partial charge is 0.446 e. The van der Waals surface area contributed by atoms with E-state index in [2.05, 4.69) is 5.32 Å². The van der Waals surface area contributed by atoms with Crippen LogP contribution in [0.2, 0.25) is 0 Å². The lowest BCUT2D eigenvalue weighted by molar-refractivity contribution is -0.148. The Morgan fingerprint density at radius 2 is 2.05 bits per heavy atom. The smallest absolute Gasteiger partial charge is 0.329 e. The van der Waals surface area contributed by atoms with Gasteiger partial charge in [-0.15, -0.1) is 0 Å². The van der Waals surface area contributed by atoms with Crippen molar-refractivity contribution >= 4 is 23.6 Å². The molecule has 0 aromatic heterocycles. The van der Waals surface area contributed by atoms with Crippen LogP contribution in [-0.2, 0) is 9.53 Å². The molecule has 2 atom stereocenters. The zero-order valence-corrected chi connectivity index (χ0v) is 12.9. The van der Waals surface area contributed by atoms with Crippen LogP contribution in [0.1, 0.15) is 23.7 Å². The molecule has 0 aliphatic rings. The second-order valence-corrected chi connectivity index (χ2v) is 5.37. The third-order valence-electron chi connectivity index (χ3n) is 2.71. The van der Waals surface area contributed by atoms with Gasteiger partial charge < -0.3 is 10.1 Å². The molecule has 1 amide bonds. The number of hydrogen-bond acceptors (Lipinski definition) is 5. The number of esters is 1. The summed E-state index contributed by atoms with van der Waals surface area (Å²) in [7, 11) is 0. The molecule has 0 heterocycles. The Morgan fingerprint density at radius 1 is 1.38 bits per heavy atom. The van der Waals surface area contributed by atoms with Crippen LogP contribution >= 0.6 is 11.8 Å². The van der Waals surface area contributed by atoms with E-state index in [0.29, 0.717) is 17.7 Å². The molecular formula is C15H18N2O3S. The number of ether oxygens (including phenoxy) is 1. The molecule has 0 saturated heterocycles. The van der Waals surface area contributed by atoms with Gasteiger partial charge in [-0.2, -0.15) is 17.0 Å². The second-order valence-electron chi connectivity index (χ2n) is 4.38. The molecule has 1 aromatic carbocycles. The highest BCUT2D eigenvalue weighted by atomic mass is 32.2. The van der Waals surface area contributed by atoms with E-state index in [1.54, 1.807) is 36.0 Å². The zero-order chi connectivity index (χ0) is 15.7. The van der Waals surface area contributed by atoms with Gasteiger partial charge in [0.25, 0.3) is 5.91 Å². The summed E-state index contributed by atoms with van der Waals surface area (Å²) in [6, 6.07) is 9.74. The number of hydrogen-bond donors (Lipinski definition) is 1. The fraction of sp³-hybridized carbons (Fsp3) is 0.400. The van der Waals surface area contributed by atoms with Gasteiger partial charge in [0.2, 0.25) is 0 Å². The van der Waals surface area contributed by atoms with Crippen LogP contribution in [0.5, 0.6) is 0 Å². The Labute approximate surface area is 128 Å². The molecule has 0 aliphatic carbocycles. The molecule has 1 N–H and O–H groups in total. The number of carbonyl (C=O) groups excluding carboxylic acids is 2. The van der Waals surface area contributed by atoms with Crippen molar-refractivity contribution < 1.29 is 14.3 Å². The highest BCUT2D eigenvalue weighted by Crippen LogP contribution is 2.06. The van der Waals surface area contributed by atoms with E-state index in [0.717, 1.165) is 0 Å². The Kier molecular flexibility index (Phi) is 7.33. The zero-order valence-electron chi connectivity index (χ0n) is 12.0. The fourth-order valence-corrected chi connectivity index (χ4v) is 2.07. The van der Waals surface area contributed by atoms with Gasteiger partial charge in [0.15, 0.2) is 6.10 Å². The lowest BCUT2D eigenvalue weighted by Crippen LogP contribution is -2.43. The van der Waals surface area contributed by atoms with Gasteiger partial charge in [-0.05, 0) is 37.5 Å². The maximum absolute atomic E-state index is 12.1. The van der Waals surface area contributed by atoms with E-state index in [1.807, 2.05) is 18.4 Å². The quantitative estimate of drug-likeness (QED) is 0.779. The van der Waals surface area contributed by atoms with Crippen LogP contribution in [0.25, 0.3) is 0 Å². The minimum atomic E-state index is -0.831. The van der Waals surface area contributed by atoms with Gasteiger partial charge in [-0.1, -0.05) is 18.2 Å². The average Bonchev–Trinajstić information content (AvgIpc) is 2.51. The molecule has 0 radical (unpaired) electrons. The summed E-state index contributed by atoms with van der Waals surface area (Å²) in [5, 5.41) is 11.3. The van der Waals surface area contributed by atoms with Crippen molar-refractivity contribution in [2.24, 2.45) is 0 Å². The molecule has 0 unspecified atom stereocenters. The predicted octanol–water partition coefficient (Wildman–Crippen LogP) is 1.99. The summed E-state index contributed by atoms with van der Waals surface area (Å²) in [5.74, 6) is -0.207. The van der Waals surface area contributed by atoms with Crippen LogP contribution in [-0.4, -0.2) is 36.0 Å². The van der Waals surface area contributed by atoms with Crippen LogP contribution < -0.4 is 5.32 Å². The van der Waals surface area contributed by atoms with Crippen LogP contribution in [0.4, 0.5) is 0 Å². The topological polar surface area (TPSA) is 79.2 Å². The van der Waals surface area contributed by atoms with Crippen molar-refractivity contribution in [3.05, 3.63) is 35.9 Å². The molecule has 0 fully saturated rings. The third kappa shape index (κ3) is 5.88. The Morgan fingerprint density at radius 3 is 2.62 bits per heavy atom. The molecule has 21 heavy (non-hydrogen) atoms. The monoisotopic (exact) mass is 306 g/mol. The first-order chi connectivity index (χ1) is 10.1. The summed E-state index contributed by atoms with van der Waals surface area (Å²) in [5.41, 5.74) is 0.479. The van der Waals surface area contributed by atoms with Gasteiger partial charge in [0, 0.05) is 5.56 Å². The van der Waals surface area contributed by atoms with Crippen molar-refractivity contribution in [2.45, 2.75) is 25.5 Å². The second kappa shape index (κ2) is 9.03. The minimum Gasteiger partial charge on any atom is -0.446 e. The molecule has 0 spiro atoms. The summed E-state index contributed by atoms with van der Waals surface area (Å²) in [4.78, 5) is 24.1. The standard InChI is InChI=1S/C15H18N2O3S/c1-11(10-16)20-15(19)13(8-9-21-2)17-14(18)12-6-4-3-5-7-12/h3-7,11,13H,8-9H2,1-2H3,(H,17,18)/t11-,13+/m0/s1. The third-order valence-corrected chi connectivity index (χ3v) is 3.36. The normalized spacial score (nSPS) is 12.8. The Balaban J connectivity index is 2.71. The minimum absolute atomic E-state index is 0.330. The summed E-state index contributed by atoms with van der Waals surface area (Å²) >= 11 is 1.57. The fourth-order valence-electron chi connectivity index (χ4n) is 1.60. The lowest BCUT2D eigenvalue weighted by Gasteiger charge is -2.18. The highest BCUT2D eigenvalue weighted by molar-refractivity contribution is 7.98. The molecule has 5 nitrogen and oxygen atoms in total. The summed E-state index contributed by atoms with van der Waals surface area (Å²) in [6.07, 6.45) is 1.54. The van der Waals surface area contributed by atoms with Crippen molar-refractivity contribution in [3.8, 4) is 6.07 Å².